The van der Waals surface area contributed by atoms with E-state index in [1.807, 2.05) is 0 Å². The SMILES string of the molecule is NCC1(CC(=O)NCCCCCO)CCC1. The van der Waals surface area contributed by atoms with E-state index in [1.54, 1.807) is 0 Å². The molecule has 4 N–H and O–H groups in total. The molecule has 0 unspecified atom stereocenters. The highest BCUT2D eigenvalue weighted by Crippen LogP contribution is 2.42. The average molecular weight is 228 g/mol. The van der Waals surface area contributed by atoms with Gasteiger partial charge in [0.1, 0.15) is 0 Å². The summed E-state index contributed by atoms with van der Waals surface area (Å²) in [7, 11) is 0. The van der Waals surface area contributed by atoms with E-state index in [1.165, 1.54) is 6.42 Å². The van der Waals surface area contributed by atoms with Gasteiger partial charge in [0.05, 0.1) is 0 Å². The van der Waals surface area contributed by atoms with Gasteiger partial charge in [-0.3, -0.25) is 4.79 Å². The van der Waals surface area contributed by atoms with Gasteiger partial charge >= 0.3 is 0 Å². The number of unbranched alkanes of at least 4 members (excludes halogenated alkanes) is 2. The van der Waals surface area contributed by atoms with Crippen molar-refractivity contribution in [1.82, 2.24) is 5.32 Å². The van der Waals surface area contributed by atoms with Gasteiger partial charge in [0, 0.05) is 19.6 Å². The summed E-state index contributed by atoms with van der Waals surface area (Å²) in [4.78, 5) is 11.6. The summed E-state index contributed by atoms with van der Waals surface area (Å²) in [6.07, 6.45) is 6.73. The number of amides is 1. The van der Waals surface area contributed by atoms with Gasteiger partial charge in [-0.15, -0.1) is 0 Å². The lowest BCUT2D eigenvalue weighted by Crippen LogP contribution is -2.42. The van der Waals surface area contributed by atoms with Crippen LogP contribution < -0.4 is 11.1 Å². The molecule has 1 aliphatic carbocycles. The van der Waals surface area contributed by atoms with Crippen LogP contribution in [0.25, 0.3) is 0 Å². The maximum Gasteiger partial charge on any atom is 0.220 e. The third kappa shape index (κ3) is 4.10. The number of carbonyl (C=O) groups is 1. The third-order valence-electron chi connectivity index (χ3n) is 3.54. The maximum atomic E-state index is 11.6. The first-order valence-corrected chi connectivity index (χ1v) is 6.30. The van der Waals surface area contributed by atoms with Crippen molar-refractivity contribution in [2.45, 2.75) is 44.9 Å². The molecular weight excluding hydrogens is 204 g/mol. The molecule has 0 heterocycles. The standard InChI is InChI=1S/C12H24N2O2/c13-10-12(5-4-6-12)9-11(16)14-7-2-1-3-8-15/h15H,1-10,13H2,(H,14,16). The van der Waals surface area contributed by atoms with Gasteiger partial charge in [0.15, 0.2) is 0 Å². The maximum absolute atomic E-state index is 11.6. The molecule has 0 bridgehead atoms. The monoisotopic (exact) mass is 228 g/mol. The molecule has 0 aromatic rings. The van der Waals surface area contributed by atoms with Crippen LogP contribution in [0.1, 0.15) is 44.9 Å². The normalized spacial score (nSPS) is 17.9. The molecule has 4 heteroatoms. The molecule has 0 spiro atoms. The molecular formula is C12H24N2O2. The molecule has 1 aliphatic rings. The van der Waals surface area contributed by atoms with Gasteiger partial charge in [-0.25, -0.2) is 0 Å². The van der Waals surface area contributed by atoms with Crippen LogP contribution >= 0.6 is 0 Å². The van der Waals surface area contributed by atoms with Crippen molar-refractivity contribution >= 4 is 5.91 Å². The number of carbonyl (C=O) groups excluding carboxylic acids is 1. The largest absolute Gasteiger partial charge is 0.396 e. The Bertz CT molecular complexity index is 210. The Kier molecular flexibility index (Phi) is 5.77. The fourth-order valence-electron chi connectivity index (χ4n) is 2.17. The summed E-state index contributed by atoms with van der Waals surface area (Å²) in [5, 5.41) is 11.5. The Hall–Kier alpha value is -0.610. The van der Waals surface area contributed by atoms with Gasteiger partial charge in [0.2, 0.25) is 5.91 Å². The van der Waals surface area contributed by atoms with Gasteiger partial charge < -0.3 is 16.2 Å². The Labute approximate surface area is 97.6 Å². The van der Waals surface area contributed by atoms with Crippen molar-refractivity contribution in [3.63, 3.8) is 0 Å². The predicted octanol–water partition coefficient (Wildman–Crippen LogP) is 0.784. The molecule has 0 saturated heterocycles. The molecule has 0 aliphatic heterocycles. The van der Waals surface area contributed by atoms with Crippen molar-refractivity contribution in [2.75, 3.05) is 19.7 Å². The van der Waals surface area contributed by atoms with E-state index in [0.29, 0.717) is 13.0 Å². The Morgan fingerprint density at radius 1 is 1.31 bits per heavy atom. The van der Waals surface area contributed by atoms with Gasteiger partial charge in [-0.05, 0) is 44.1 Å². The number of nitrogens with one attached hydrogen (secondary N) is 1. The summed E-state index contributed by atoms with van der Waals surface area (Å²) >= 11 is 0. The van der Waals surface area contributed by atoms with Gasteiger partial charge in [-0.2, -0.15) is 0 Å². The highest BCUT2D eigenvalue weighted by molar-refractivity contribution is 5.76. The second-order valence-electron chi connectivity index (χ2n) is 4.87. The molecule has 1 rings (SSSR count). The van der Waals surface area contributed by atoms with Crippen LogP contribution in [0, 0.1) is 5.41 Å². The zero-order chi connectivity index (χ0) is 11.9. The number of rotatable bonds is 8. The summed E-state index contributed by atoms with van der Waals surface area (Å²) in [6, 6.07) is 0. The Morgan fingerprint density at radius 2 is 2.06 bits per heavy atom. The summed E-state index contributed by atoms with van der Waals surface area (Å²) in [5.41, 5.74) is 5.81. The van der Waals surface area contributed by atoms with Crippen LogP contribution in [0.5, 0.6) is 0 Å². The van der Waals surface area contributed by atoms with Crippen LogP contribution in [-0.2, 0) is 4.79 Å². The highest BCUT2D eigenvalue weighted by atomic mass is 16.2. The van der Waals surface area contributed by atoms with E-state index in [0.717, 1.165) is 38.6 Å². The predicted molar refractivity (Wildman–Crippen MR) is 63.9 cm³/mol. The van der Waals surface area contributed by atoms with E-state index in [-0.39, 0.29) is 17.9 Å². The van der Waals surface area contributed by atoms with E-state index >= 15 is 0 Å². The number of aliphatic hydroxyl groups is 1. The second-order valence-corrected chi connectivity index (χ2v) is 4.87. The van der Waals surface area contributed by atoms with E-state index in [2.05, 4.69) is 5.32 Å². The van der Waals surface area contributed by atoms with Gasteiger partial charge in [0.25, 0.3) is 0 Å². The smallest absolute Gasteiger partial charge is 0.220 e. The lowest BCUT2D eigenvalue weighted by molar-refractivity contribution is -0.124. The van der Waals surface area contributed by atoms with Crippen LogP contribution in [-0.4, -0.2) is 30.7 Å². The zero-order valence-electron chi connectivity index (χ0n) is 10.0. The van der Waals surface area contributed by atoms with Crippen LogP contribution in [0.15, 0.2) is 0 Å². The third-order valence-corrected chi connectivity index (χ3v) is 3.54. The fraction of sp³-hybridized carbons (Fsp3) is 0.917. The molecule has 0 atom stereocenters. The molecule has 4 nitrogen and oxygen atoms in total. The quantitative estimate of drug-likeness (QED) is 0.537. The topological polar surface area (TPSA) is 75.4 Å². The molecule has 0 aromatic carbocycles. The minimum absolute atomic E-state index is 0.106. The van der Waals surface area contributed by atoms with Crippen molar-refractivity contribution in [3.8, 4) is 0 Å². The highest BCUT2D eigenvalue weighted by Gasteiger charge is 2.37. The van der Waals surface area contributed by atoms with Crippen molar-refractivity contribution < 1.29 is 9.90 Å². The summed E-state index contributed by atoms with van der Waals surface area (Å²) in [6.45, 7) is 1.59. The molecule has 0 radical (unpaired) electrons. The van der Waals surface area contributed by atoms with E-state index in [4.69, 9.17) is 10.8 Å². The summed E-state index contributed by atoms with van der Waals surface area (Å²) in [5.74, 6) is 0.133. The fourth-order valence-corrected chi connectivity index (χ4v) is 2.17. The molecule has 1 fully saturated rings. The molecule has 1 saturated carbocycles. The van der Waals surface area contributed by atoms with Gasteiger partial charge in [-0.1, -0.05) is 6.42 Å². The Morgan fingerprint density at radius 3 is 2.56 bits per heavy atom. The van der Waals surface area contributed by atoms with E-state index < -0.39 is 0 Å². The van der Waals surface area contributed by atoms with Crippen LogP contribution in [0.4, 0.5) is 0 Å². The number of nitrogens with two attached hydrogens (primary N) is 1. The second kappa shape index (κ2) is 6.86. The molecule has 16 heavy (non-hydrogen) atoms. The van der Waals surface area contributed by atoms with Crippen molar-refractivity contribution in [3.05, 3.63) is 0 Å². The zero-order valence-corrected chi connectivity index (χ0v) is 10.0. The first-order chi connectivity index (χ1) is 7.72. The van der Waals surface area contributed by atoms with Crippen molar-refractivity contribution in [2.24, 2.45) is 11.1 Å². The molecule has 1 amide bonds. The number of hydrogen-bond donors (Lipinski definition) is 3. The lowest BCUT2D eigenvalue weighted by atomic mass is 9.66. The first-order valence-electron chi connectivity index (χ1n) is 6.30. The minimum atomic E-state index is 0.106. The van der Waals surface area contributed by atoms with E-state index in [9.17, 15) is 4.79 Å². The van der Waals surface area contributed by atoms with Crippen LogP contribution in [0.2, 0.25) is 0 Å². The summed E-state index contributed by atoms with van der Waals surface area (Å²) < 4.78 is 0. The van der Waals surface area contributed by atoms with Crippen molar-refractivity contribution in [1.29, 1.82) is 0 Å². The Balaban J connectivity index is 2.06. The lowest BCUT2D eigenvalue weighted by Gasteiger charge is -2.40. The first kappa shape index (κ1) is 13.5. The average Bonchev–Trinajstić information content (AvgIpc) is 2.23. The van der Waals surface area contributed by atoms with Crippen LogP contribution in [0.3, 0.4) is 0 Å². The molecule has 94 valence electrons. The minimum Gasteiger partial charge on any atom is -0.396 e. The number of aliphatic hydroxyl groups excluding tert-OH is 1. The molecule has 0 aromatic heterocycles. The number of hydrogen-bond acceptors (Lipinski definition) is 3.